The van der Waals surface area contributed by atoms with E-state index >= 15 is 0 Å². The second-order valence-corrected chi connectivity index (χ2v) is 14.8. The lowest BCUT2D eigenvalue weighted by Gasteiger charge is -2.42. The van der Waals surface area contributed by atoms with Crippen LogP contribution in [0.5, 0.6) is 0 Å². The van der Waals surface area contributed by atoms with Crippen LogP contribution in [0.25, 0.3) is 0 Å². The lowest BCUT2D eigenvalue weighted by atomic mass is 9.98. The third-order valence-corrected chi connectivity index (χ3v) is 9.96. The molecular formula is C41H74O14. The Labute approximate surface area is 328 Å². The highest BCUT2D eigenvalue weighted by Crippen LogP contribution is 2.26. The molecule has 0 saturated carbocycles. The van der Waals surface area contributed by atoms with Crippen LogP contribution in [0.4, 0.5) is 0 Å². The molecule has 2 aliphatic rings. The van der Waals surface area contributed by atoms with Crippen molar-refractivity contribution in [2.75, 3.05) is 33.0 Å². The van der Waals surface area contributed by atoms with Crippen molar-refractivity contribution in [1.29, 1.82) is 0 Å². The van der Waals surface area contributed by atoms with Gasteiger partial charge in [0.1, 0.15) is 54.9 Å². The topological polar surface area (TPSA) is 214 Å². The molecule has 0 spiro atoms. The Hall–Kier alpha value is -1.53. The van der Waals surface area contributed by atoms with Gasteiger partial charge in [0, 0.05) is 13.0 Å². The molecule has 2 fully saturated rings. The molecule has 0 aliphatic carbocycles. The first kappa shape index (κ1) is 49.6. The smallest absolute Gasteiger partial charge is 0.306 e. The standard InChI is InChI=1S/C41H74O14/c1-3-5-7-8-9-10-11-12-13-14-15-16-17-18-19-20-21-22-23-25-50-27-30(53-33(43)24-6-4-2)28-51-40-39(49)37(47)35(45)32(55-40)29-52-41-38(48)36(46)34(44)31(26-42)54-41/h10-11,13-14,30-32,34-42,44-49H,3-9,12,15-29H2,1-2H3/b11-10-,14-13-. The molecule has 2 aliphatic heterocycles. The number of carbonyl (C=O) groups is 1. The second-order valence-electron chi connectivity index (χ2n) is 14.8. The summed E-state index contributed by atoms with van der Waals surface area (Å²) in [5.41, 5.74) is 0. The molecule has 0 bridgehead atoms. The maximum absolute atomic E-state index is 12.5. The maximum atomic E-state index is 12.5. The zero-order valence-corrected chi connectivity index (χ0v) is 33.4. The lowest BCUT2D eigenvalue weighted by Crippen LogP contribution is -2.61. The molecule has 14 nitrogen and oxygen atoms in total. The van der Waals surface area contributed by atoms with Crippen molar-refractivity contribution in [2.45, 2.75) is 197 Å². The summed E-state index contributed by atoms with van der Waals surface area (Å²) >= 11 is 0. The van der Waals surface area contributed by atoms with Gasteiger partial charge >= 0.3 is 5.97 Å². The van der Waals surface area contributed by atoms with Crippen LogP contribution in [0, 0.1) is 0 Å². The van der Waals surface area contributed by atoms with E-state index in [1.165, 1.54) is 64.2 Å². The summed E-state index contributed by atoms with van der Waals surface area (Å²) in [5, 5.41) is 71.3. The van der Waals surface area contributed by atoms with Crippen molar-refractivity contribution in [1.82, 2.24) is 0 Å². The first-order valence-electron chi connectivity index (χ1n) is 20.9. The SMILES string of the molecule is CCCCCC/C=C\C/C=C\CCCCCCCCCCOCC(COC1OC(COC2OC(CO)C(O)C(O)C2O)C(O)C(O)C1O)OC(=O)CCCC. The minimum absolute atomic E-state index is 0.0548. The number of aliphatic hydroxyl groups is 7. The van der Waals surface area contributed by atoms with Crippen molar-refractivity contribution in [2.24, 2.45) is 0 Å². The Morgan fingerprint density at radius 3 is 1.73 bits per heavy atom. The van der Waals surface area contributed by atoms with Gasteiger partial charge in [-0.25, -0.2) is 0 Å². The highest BCUT2D eigenvalue weighted by Gasteiger charge is 2.47. The number of aliphatic hydroxyl groups excluding tert-OH is 7. The first-order chi connectivity index (χ1) is 26.6. The number of unbranched alkanes of at least 4 members (excludes halogenated alkanes) is 13. The summed E-state index contributed by atoms with van der Waals surface area (Å²) in [6.45, 7) is 3.37. The van der Waals surface area contributed by atoms with Crippen LogP contribution in [0.15, 0.2) is 24.3 Å². The molecular weight excluding hydrogens is 716 g/mol. The summed E-state index contributed by atoms with van der Waals surface area (Å²) in [6, 6.07) is 0. The van der Waals surface area contributed by atoms with Gasteiger partial charge in [0.15, 0.2) is 12.6 Å². The van der Waals surface area contributed by atoms with Crippen molar-refractivity contribution < 1.29 is 69.0 Å². The van der Waals surface area contributed by atoms with E-state index in [0.29, 0.717) is 13.0 Å². The quantitative estimate of drug-likeness (QED) is 0.0303. The number of carbonyl (C=O) groups excluding carboxylic acids is 1. The van der Waals surface area contributed by atoms with Gasteiger partial charge in [-0.15, -0.1) is 0 Å². The molecule has 2 saturated heterocycles. The lowest BCUT2D eigenvalue weighted by molar-refractivity contribution is -0.332. The van der Waals surface area contributed by atoms with E-state index in [1.807, 2.05) is 6.92 Å². The van der Waals surface area contributed by atoms with Gasteiger partial charge in [-0.1, -0.05) is 102 Å². The summed E-state index contributed by atoms with van der Waals surface area (Å²) in [7, 11) is 0. The summed E-state index contributed by atoms with van der Waals surface area (Å²) in [5.74, 6) is -0.415. The van der Waals surface area contributed by atoms with Crippen molar-refractivity contribution in [3.8, 4) is 0 Å². The molecule has 0 radical (unpaired) electrons. The Balaban J connectivity index is 1.67. The Bertz CT molecular complexity index is 1010. The number of hydrogen-bond acceptors (Lipinski definition) is 14. The van der Waals surface area contributed by atoms with E-state index in [2.05, 4.69) is 31.2 Å². The van der Waals surface area contributed by atoms with Crippen LogP contribution in [-0.4, -0.2) is 142 Å². The fourth-order valence-electron chi connectivity index (χ4n) is 6.41. The van der Waals surface area contributed by atoms with Crippen LogP contribution in [0.3, 0.4) is 0 Å². The molecule has 7 N–H and O–H groups in total. The fourth-order valence-corrected chi connectivity index (χ4v) is 6.41. The van der Waals surface area contributed by atoms with E-state index in [-0.39, 0.29) is 19.6 Å². The summed E-state index contributed by atoms with van der Waals surface area (Å²) in [6.07, 6.45) is 12.5. The van der Waals surface area contributed by atoms with Gasteiger partial charge < -0.3 is 64.2 Å². The fraction of sp³-hybridized carbons (Fsp3) is 0.878. The normalized spacial score (nSPS) is 29.3. The molecule has 11 atom stereocenters. The molecule has 55 heavy (non-hydrogen) atoms. The molecule has 0 aromatic heterocycles. The third-order valence-electron chi connectivity index (χ3n) is 9.96. The summed E-state index contributed by atoms with van der Waals surface area (Å²) in [4.78, 5) is 12.5. The largest absolute Gasteiger partial charge is 0.457 e. The van der Waals surface area contributed by atoms with Crippen molar-refractivity contribution >= 4 is 5.97 Å². The molecule has 2 rings (SSSR count). The van der Waals surface area contributed by atoms with E-state index < -0.39 is 86.7 Å². The second kappa shape index (κ2) is 30.5. The van der Waals surface area contributed by atoms with Crippen LogP contribution in [0.2, 0.25) is 0 Å². The van der Waals surface area contributed by atoms with Gasteiger partial charge in [-0.05, 0) is 44.9 Å². The van der Waals surface area contributed by atoms with Gasteiger partial charge in [0.25, 0.3) is 0 Å². The first-order valence-corrected chi connectivity index (χ1v) is 20.9. The molecule has 0 aromatic rings. The van der Waals surface area contributed by atoms with E-state index in [9.17, 15) is 40.5 Å². The number of esters is 1. The van der Waals surface area contributed by atoms with E-state index in [4.69, 9.17) is 28.4 Å². The van der Waals surface area contributed by atoms with Gasteiger partial charge in [-0.3, -0.25) is 4.79 Å². The monoisotopic (exact) mass is 791 g/mol. The average molecular weight is 791 g/mol. The van der Waals surface area contributed by atoms with Crippen LogP contribution < -0.4 is 0 Å². The number of hydrogen-bond donors (Lipinski definition) is 7. The minimum Gasteiger partial charge on any atom is -0.457 e. The third kappa shape index (κ3) is 20.1. The molecule has 11 unspecified atom stereocenters. The highest BCUT2D eigenvalue weighted by atomic mass is 16.7. The van der Waals surface area contributed by atoms with Crippen molar-refractivity contribution in [3.05, 3.63) is 24.3 Å². The number of allylic oxidation sites excluding steroid dienone is 4. The minimum atomic E-state index is -1.70. The summed E-state index contributed by atoms with van der Waals surface area (Å²) < 4.78 is 33.6. The molecule has 322 valence electrons. The number of ether oxygens (including phenoxy) is 6. The van der Waals surface area contributed by atoms with Crippen LogP contribution >= 0.6 is 0 Å². The highest BCUT2D eigenvalue weighted by molar-refractivity contribution is 5.69. The van der Waals surface area contributed by atoms with E-state index in [1.54, 1.807) is 0 Å². The van der Waals surface area contributed by atoms with Gasteiger partial charge in [0.05, 0.1) is 26.4 Å². The van der Waals surface area contributed by atoms with Gasteiger partial charge in [0.2, 0.25) is 0 Å². The predicted octanol–water partition coefficient (Wildman–Crippen LogP) is 3.73. The Morgan fingerprint density at radius 1 is 0.600 bits per heavy atom. The van der Waals surface area contributed by atoms with Crippen molar-refractivity contribution in [3.63, 3.8) is 0 Å². The zero-order valence-electron chi connectivity index (χ0n) is 33.4. The molecule has 0 aromatic carbocycles. The average Bonchev–Trinajstić information content (AvgIpc) is 3.18. The number of rotatable bonds is 31. The predicted molar refractivity (Wildman–Crippen MR) is 206 cm³/mol. The zero-order chi connectivity index (χ0) is 40.3. The Morgan fingerprint density at radius 2 is 1.13 bits per heavy atom. The van der Waals surface area contributed by atoms with Gasteiger partial charge in [-0.2, -0.15) is 0 Å². The Kier molecular flexibility index (Phi) is 27.5. The molecule has 14 heteroatoms. The maximum Gasteiger partial charge on any atom is 0.306 e. The molecule has 2 heterocycles. The molecule has 0 amide bonds. The van der Waals surface area contributed by atoms with Crippen LogP contribution in [-0.2, 0) is 33.2 Å². The van der Waals surface area contributed by atoms with Crippen LogP contribution in [0.1, 0.15) is 129 Å². The van der Waals surface area contributed by atoms with E-state index in [0.717, 1.165) is 38.5 Å².